The highest BCUT2D eigenvalue weighted by molar-refractivity contribution is 7.25. The van der Waals surface area contributed by atoms with Crippen LogP contribution in [0.4, 0.5) is 17.1 Å². The molecule has 0 aliphatic heterocycles. The van der Waals surface area contributed by atoms with E-state index >= 15 is 0 Å². The second-order valence-corrected chi connectivity index (χ2v) is 11.4. The van der Waals surface area contributed by atoms with Crippen LogP contribution in [-0.4, -0.2) is 4.57 Å². The maximum Gasteiger partial charge on any atom is 0.0528 e. The lowest BCUT2D eigenvalue weighted by atomic mass is 10.0. The fourth-order valence-corrected chi connectivity index (χ4v) is 6.90. The zero-order valence-electron chi connectivity index (χ0n) is 22.3. The van der Waals surface area contributed by atoms with E-state index in [9.17, 15) is 0 Å². The van der Waals surface area contributed by atoms with E-state index in [1.807, 2.05) is 11.3 Å². The predicted octanol–water partition coefficient (Wildman–Crippen LogP) is 11.1. The molecule has 0 amide bonds. The highest BCUT2D eigenvalue weighted by atomic mass is 32.1. The van der Waals surface area contributed by atoms with Crippen LogP contribution in [0.2, 0.25) is 0 Å². The summed E-state index contributed by atoms with van der Waals surface area (Å²) in [5, 5.41) is 3.85. The van der Waals surface area contributed by atoms with E-state index in [-0.39, 0.29) is 0 Å². The highest BCUT2D eigenvalue weighted by Gasteiger charge is 2.15. The summed E-state index contributed by atoms with van der Waals surface area (Å²) < 4.78 is 4.88. The fourth-order valence-electron chi connectivity index (χ4n) is 5.82. The molecular weight excluding hydrogens is 516 g/mol. The van der Waals surface area contributed by atoms with Gasteiger partial charge in [0.05, 0.1) is 5.52 Å². The maximum atomic E-state index is 2.35. The minimum absolute atomic E-state index is 1.13. The van der Waals surface area contributed by atoms with Crippen molar-refractivity contribution in [2.24, 2.45) is 0 Å². The Kier molecular flexibility index (Phi) is 5.68. The van der Waals surface area contributed by atoms with E-state index < -0.39 is 0 Å². The molecule has 194 valence electrons. The third kappa shape index (κ3) is 4.19. The summed E-state index contributed by atoms with van der Waals surface area (Å²) in [5.74, 6) is 0. The molecule has 0 bridgehead atoms. The van der Waals surface area contributed by atoms with Gasteiger partial charge in [-0.3, -0.25) is 0 Å². The smallest absolute Gasteiger partial charge is 0.0528 e. The molecule has 2 nitrogen and oxygen atoms in total. The Bertz CT molecular complexity index is 2140. The standard InChI is InChI=1S/C38H26N2S/c1-3-9-30(10-4-1)39-24-23-29-25-28(17-21-36(29)39)27-15-18-32(19-16-27)40(31-11-5-2-6-12-31)33-20-22-38-35(26-33)34-13-7-8-14-37(34)41-38/h1-26H. The molecule has 0 aliphatic rings. The zero-order valence-corrected chi connectivity index (χ0v) is 23.1. The molecule has 41 heavy (non-hydrogen) atoms. The van der Waals surface area contributed by atoms with Crippen molar-refractivity contribution in [3.63, 3.8) is 0 Å². The zero-order chi connectivity index (χ0) is 27.2. The van der Waals surface area contributed by atoms with Crippen LogP contribution < -0.4 is 4.90 Å². The summed E-state index contributed by atoms with van der Waals surface area (Å²) in [6.45, 7) is 0. The molecule has 0 N–H and O–H groups in total. The van der Waals surface area contributed by atoms with E-state index in [1.54, 1.807) is 0 Å². The molecule has 8 aromatic rings. The molecule has 0 aliphatic carbocycles. The number of nitrogens with zero attached hydrogens (tertiary/aromatic N) is 2. The molecular formula is C38H26N2S. The van der Waals surface area contributed by atoms with Crippen molar-refractivity contribution >= 4 is 59.5 Å². The first-order valence-electron chi connectivity index (χ1n) is 13.9. The second-order valence-electron chi connectivity index (χ2n) is 10.3. The van der Waals surface area contributed by atoms with E-state index in [2.05, 4.69) is 167 Å². The largest absolute Gasteiger partial charge is 0.317 e. The third-order valence-electron chi connectivity index (χ3n) is 7.82. The number of fused-ring (bicyclic) bond motifs is 4. The Morgan fingerprint density at radius 3 is 1.95 bits per heavy atom. The van der Waals surface area contributed by atoms with Crippen LogP contribution in [0.3, 0.4) is 0 Å². The van der Waals surface area contributed by atoms with Crippen LogP contribution in [0.5, 0.6) is 0 Å². The van der Waals surface area contributed by atoms with Crippen molar-refractivity contribution in [1.29, 1.82) is 0 Å². The fraction of sp³-hybridized carbons (Fsp3) is 0. The first kappa shape index (κ1) is 23.7. The number of hydrogen-bond acceptors (Lipinski definition) is 2. The van der Waals surface area contributed by atoms with Crippen molar-refractivity contribution in [3.05, 3.63) is 158 Å². The van der Waals surface area contributed by atoms with E-state index in [0.717, 1.165) is 17.1 Å². The van der Waals surface area contributed by atoms with Crippen molar-refractivity contribution in [1.82, 2.24) is 4.57 Å². The van der Waals surface area contributed by atoms with Crippen LogP contribution in [0.1, 0.15) is 0 Å². The SMILES string of the molecule is c1ccc(N(c2ccc(-c3ccc4c(ccn4-c4ccccc4)c3)cc2)c2ccc3sc4ccccc4c3c2)cc1. The third-order valence-corrected chi connectivity index (χ3v) is 8.97. The van der Waals surface area contributed by atoms with Crippen LogP contribution >= 0.6 is 11.3 Å². The molecule has 8 rings (SSSR count). The number of aromatic nitrogens is 1. The number of thiophene rings is 1. The van der Waals surface area contributed by atoms with Crippen molar-refractivity contribution in [3.8, 4) is 16.8 Å². The molecule has 3 heteroatoms. The number of benzene rings is 6. The van der Waals surface area contributed by atoms with Gasteiger partial charge in [-0.1, -0.05) is 72.8 Å². The average molecular weight is 543 g/mol. The van der Waals surface area contributed by atoms with Crippen LogP contribution in [0.15, 0.2) is 158 Å². The van der Waals surface area contributed by atoms with Gasteiger partial charge in [0.15, 0.2) is 0 Å². The van der Waals surface area contributed by atoms with Crippen molar-refractivity contribution in [2.45, 2.75) is 0 Å². The Hall–Kier alpha value is -5.12. The summed E-state index contributed by atoms with van der Waals surface area (Å²) in [4.78, 5) is 2.35. The lowest BCUT2D eigenvalue weighted by Gasteiger charge is -2.26. The van der Waals surface area contributed by atoms with E-state index in [1.165, 1.54) is 47.9 Å². The number of para-hydroxylation sites is 2. The Balaban J connectivity index is 1.18. The van der Waals surface area contributed by atoms with Gasteiger partial charge in [0.1, 0.15) is 0 Å². The van der Waals surface area contributed by atoms with Crippen molar-refractivity contribution in [2.75, 3.05) is 4.90 Å². The molecule has 0 fully saturated rings. The average Bonchev–Trinajstić information content (AvgIpc) is 3.64. The Morgan fingerprint density at radius 2 is 1.12 bits per heavy atom. The van der Waals surface area contributed by atoms with Gasteiger partial charge in [-0.15, -0.1) is 11.3 Å². The molecule has 0 saturated heterocycles. The Morgan fingerprint density at radius 1 is 0.463 bits per heavy atom. The number of anilines is 3. The Labute approximate surface area is 243 Å². The van der Waals surface area contributed by atoms with Crippen molar-refractivity contribution < 1.29 is 0 Å². The van der Waals surface area contributed by atoms with Gasteiger partial charge in [-0.2, -0.15) is 0 Å². The summed E-state index contributed by atoms with van der Waals surface area (Å²) in [6, 6.07) is 54.5. The first-order valence-corrected chi connectivity index (χ1v) is 14.7. The summed E-state index contributed by atoms with van der Waals surface area (Å²) in [6.07, 6.45) is 2.15. The predicted molar refractivity (Wildman–Crippen MR) is 176 cm³/mol. The summed E-state index contributed by atoms with van der Waals surface area (Å²) in [7, 11) is 0. The maximum absolute atomic E-state index is 2.35. The molecule has 0 saturated carbocycles. The van der Waals surface area contributed by atoms with Gasteiger partial charge in [-0.05, 0) is 90.0 Å². The normalized spacial score (nSPS) is 11.4. The summed E-state index contributed by atoms with van der Waals surface area (Å²) >= 11 is 1.85. The molecule has 6 aromatic carbocycles. The van der Waals surface area contributed by atoms with Gasteiger partial charge in [0.25, 0.3) is 0 Å². The van der Waals surface area contributed by atoms with Gasteiger partial charge in [0, 0.05) is 54.5 Å². The monoisotopic (exact) mass is 542 g/mol. The quantitative estimate of drug-likeness (QED) is 0.210. The van der Waals surface area contributed by atoms with Crippen LogP contribution in [0, 0.1) is 0 Å². The number of rotatable bonds is 5. The lowest BCUT2D eigenvalue weighted by molar-refractivity contribution is 1.13. The second kappa shape index (κ2) is 9.81. The molecule has 2 heterocycles. The molecule has 2 aromatic heterocycles. The molecule has 0 radical (unpaired) electrons. The molecule has 0 unspecified atom stereocenters. The van der Waals surface area contributed by atoms with Crippen LogP contribution in [-0.2, 0) is 0 Å². The minimum Gasteiger partial charge on any atom is -0.317 e. The number of hydrogen-bond donors (Lipinski definition) is 0. The van der Waals surface area contributed by atoms with Gasteiger partial charge >= 0.3 is 0 Å². The van der Waals surface area contributed by atoms with Gasteiger partial charge < -0.3 is 9.47 Å². The topological polar surface area (TPSA) is 8.17 Å². The minimum atomic E-state index is 1.13. The lowest BCUT2D eigenvalue weighted by Crippen LogP contribution is -2.09. The van der Waals surface area contributed by atoms with E-state index in [4.69, 9.17) is 0 Å². The molecule has 0 spiro atoms. The van der Waals surface area contributed by atoms with Crippen LogP contribution in [0.25, 0.3) is 47.9 Å². The first-order chi connectivity index (χ1) is 20.3. The highest BCUT2D eigenvalue weighted by Crippen LogP contribution is 2.41. The van der Waals surface area contributed by atoms with E-state index in [0.29, 0.717) is 0 Å². The summed E-state index contributed by atoms with van der Waals surface area (Å²) in [5.41, 5.74) is 8.24. The molecule has 0 atom stereocenters. The van der Waals surface area contributed by atoms with Gasteiger partial charge in [-0.25, -0.2) is 0 Å². The van der Waals surface area contributed by atoms with Gasteiger partial charge in [0.2, 0.25) is 0 Å².